The second kappa shape index (κ2) is 8.15. The van der Waals surface area contributed by atoms with E-state index in [1.807, 2.05) is 30.9 Å². The molecule has 184 valence electrons. The normalized spacial score (nSPS) is 24.3. The van der Waals surface area contributed by atoms with Crippen molar-refractivity contribution >= 4 is 17.2 Å². The van der Waals surface area contributed by atoms with Gasteiger partial charge in [-0.1, -0.05) is 0 Å². The summed E-state index contributed by atoms with van der Waals surface area (Å²) in [6.45, 7) is 5.74. The molecule has 10 heteroatoms. The first-order valence-corrected chi connectivity index (χ1v) is 11.9. The molecule has 2 aliphatic heterocycles. The minimum absolute atomic E-state index is 0.160. The maximum atomic E-state index is 13.1. The fourth-order valence-electron chi connectivity index (χ4n) is 5.54. The van der Waals surface area contributed by atoms with Gasteiger partial charge < -0.3 is 14.8 Å². The molecule has 1 N–H and O–H groups in total. The van der Waals surface area contributed by atoms with Crippen LogP contribution in [-0.2, 0) is 6.42 Å². The molecule has 35 heavy (non-hydrogen) atoms. The van der Waals surface area contributed by atoms with Crippen LogP contribution in [0.5, 0.6) is 11.5 Å². The Morgan fingerprint density at radius 2 is 2.11 bits per heavy atom. The average molecular weight is 484 g/mol. The molecule has 4 heterocycles. The molecule has 2 unspecified atom stereocenters. The fraction of sp³-hybridized carbons (Fsp3) is 0.480. The lowest BCUT2D eigenvalue weighted by molar-refractivity contribution is 0.0900. The number of rotatable bonds is 7. The van der Waals surface area contributed by atoms with Crippen LogP contribution in [0.2, 0.25) is 0 Å². The Bertz CT molecular complexity index is 1280. The Morgan fingerprint density at radius 1 is 1.31 bits per heavy atom. The van der Waals surface area contributed by atoms with Crippen LogP contribution < -0.4 is 14.8 Å². The van der Waals surface area contributed by atoms with E-state index in [1.165, 1.54) is 6.20 Å². The summed E-state index contributed by atoms with van der Waals surface area (Å²) in [5, 5.41) is 7.18. The molecule has 3 aliphatic rings. The lowest BCUT2D eigenvalue weighted by atomic mass is 10.0. The molecule has 3 aromatic rings. The first kappa shape index (κ1) is 22.2. The smallest absolute Gasteiger partial charge is 0.261 e. The van der Waals surface area contributed by atoms with Gasteiger partial charge in [0.05, 0.1) is 25.0 Å². The number of ether oxygens (including phenoxy) is 2. The van der Waals surface area contributed by atoms with Gasteiger partial charge in [-0.05, 0) is 37.8 Å². The van der Waals surface area contributed by atoms with Gasteiger partial charge in [0, 0.05) is 49.5 Å². The lowest BCUT2D eigenvalue weighted by Crippen LogP contribution is -2.30. The number of carbonyl (C=O) groups is 1. The number of amides is 1. The molecule has 2 aromatic heterocycles. The molecule has 0 spiro atoms. The first-order valence-electron chi connectivity index (χ1n) is 11.9. The van der Waals surface area contributed by atoms with Crippen molar-refractivity contribution in [3.05, 3.63) is 47.9 Å². The number of nitrogens with zero attached hydrogens (tertiary/aromatic N) is 4. The molecular weight excluding hydrogens is 456 g/mol. The molecule has 0 bridgehead atoms. The highest BCUT2D eigenvalue weighted by molar-refractivity contribution is 6.08. The van der Waals surface area contributed by atoms with Gasteiger partial charge in [-0.3, -0.25) is 9.69 Å². The topological polar surface area (TPSA) is 81.0 Å². The Morgan fingerprint density at radius 3 is 2.89 bits per heavy atom. The standard InChI is InChI=1S/C25H27F2N5O3/c1-25(2)8-14-6-19(30-24(33)15-9-29-32-5-3-4-28-23(15)32)21(7-20(14)35-25)34-13-18-16-10-31(11-17(16)18)12-22(26)27/h3-7,9,16-18,22H,8,10-13H2,1-2H3,(H,30,33). The van der Waals surface area contributed by atoms with Gasteiger partial charge >= 0.3 is 0 Å². The zero-order chi connectivity index (χ0) is 24.3. The summed E-state index contributed by atoms with van der Waals surface area (Å²) in [5.41, 5.74) is 2.06. The number of likely N-dealkylation sites (tertiary alicyclic amines) is 1. The van der Waals surface area contributed by atoms with Crippen molar-refractivity contribution in [2.75, 3.05) is 31.6 Å². The number of piperidine rings is 1. The van der Waals surface area contributed by atoms with Crippen molar-refractivity contribution in [1.29, 1.82) is 0 Å². The van der Waals surface area contributed by atoms with Crippen LogP contribution >= 0.6 is 0 Å². The summed E-state index contributed by atoms with van der Waals surface area (Å²) in [7, 11) is 0. The quantitative estimate of drug-likeness (QED) is 0.554. The van der Waals surface area contributed by atoms with Crippen LogP contribution in [-0.4, -0.2) is 63.7 Å². The molecule has 1 saturated carbocycles. The van der Waals surface area contributed by atoms with Crippen LogP contribution in [0.15, 0.2) is 36.8 Å². The summed E-state index contributed by atoms with van der Waals surface area (Å²) >= 11 is 0. The summed E-state index contributed by atoms with van der Waals surface area (Å²) in [4.78, 5) is 19.2. The van der Waals surface area contributed by atoms with Gasteiger partial charge in [-0.2, -0.15) is 5.10 Å². The zero-order valence-electron chi connectivity index (χ0n) is 19.6. The molecule has 1 amide bonds. The molecule has 8 nitrogen and oxygen atoms in total. The number of carbonyl (C=O) groups excluding carboxylic acids is 1. The van der Waals surface area contributed by atoms with E-state index in [9.17, 15) is 13.6 Å². The maximum absolute atomic E-state index is 13.1. The molecule has 1 aliphatic carbocycles. The summed E-state index contributed by atoms with van der Waals surface area (Å²) in [6, 6.07) is 5.50. The van der Waals surface area contributed by atoms with Gasteiger partial charge in [0.25, 0.3) is 12.3 Å². The predicted octanol–water partition coefficient (Wildman–Crippen LogP) is 3.52. The van der Waals surface area contributed by atoms with Gasteiger partial charge in [0.1, 0.15) is 22.7 Å². The largest absolute Gasteiger partial charge is 0.491 e. The van der Waals surface area contributed by atoms with Crippen LogP contribution in [0, 0.1) is 17.8 Å². The highest BCUT2D eigenvalue weighted by Crippen LogP contribution is 2.52. The van der Waals surface area contributed by atoms with Crippen molar-refractivity contribution in [1.82, 2.24) is 19.5 Å². The van der Waals surface area contributed by atoms with E-state index in [4.69, 9.17) is 9.47 Å². The summed E-state index contributed by atoms with van der Waals surface area (Å²) in [5.74, 6) is 2.07. The van der Waals surface area contributed by atoms with Gasteiger partial charge in [0.2, 0.25) is 0 Å². The van der Waals surface area contributed by atoms with E-state index >= 15 is 0 Å². The molecule has 0 radical (unpaired) electrons. The van der Waals surface area contributed by atoms with Crippen LogP contribution in [0.3, 0.4) is 0 Å². The van der Waals surface area contributed by atoms with Gasteiger partial charge in [0.15, 0.2) is 5.65 Å². The number of hydrogen-bond donors (Lipinski definition) is 1. The summed E-state index contributed by atoms with van der Waals surface area (Å²) < 4.78 is 39.2. The number of anilines is 1. The number of alkyl halides is 2. The number of benzene rings is 1. The Balaban J connectivity index is 1.20. The van der Waals surface area contributed by atoms with E-state index in [0.29, 0.717) is 60.1 Å². The highest BCUT2D eigenvalue weighted by atomic mass is 19.3. The average Bonchev–Trinajstić information content (AvgIpc) is 3.16. The van der Waals surface area contributed by atoms with Crippen LogP contribution in [0.4, 0.5) is 14.5 Å². The van der Waals surface area contributed by atoms with Crippen molar-refractivity contribution in [3.8, 4) is 11.5 Å². The highest BCUT2D eigenvalue weighted by Gasteiger charge is 2.56. The lowest BCUT2D eigenvalue weighted by Gasteiger charge is -2.19. The monoisotopic (exact) mass is 483 g/mol. The summed E-state index contributed by atoms with van der Waals surface area (Å²) in [6.07, 6.45) is 3.27. The van der Waals surface area contributed by atoms with E-state index in [2.05, 4.69) is 15.4 Å². The number of aromatic nitrogens is 3. The van der Waals surface area contributed by atoms with E-state index in [1.54, 1.807) is 23.0 Å². The molecule has 2 fully saturated rings. The minimum atomic E-state index is -2.30. The van der Waals surface area contributed by atoms with E-state index in [-0.39, 0.29) is 18.1 Å². The molecule has 1 aromatic carbocycles. The van der Waals surface area contributed by atoms with E-state index < -0.39 is 6.43 Å². The third-order valence-electron chi connectivity index (χ3n) is 7.21. The van der Waals surface area contributed by atoms with E-state index in [0.717, 1.165) is 17.7 Å². The van der Waals surface area contributed by atoms with Crippen LogP contribution in [0.1, 0.15) is 29.8 Å². The van der Waals surface area contributed by atoms with Crippen molar-refractivity contribution in [2.24, 2.45) is 17.8 Å². The second-order valence-corrected chi connectivity index (χ2v) is 10.3. The number of nitrogens with one attached hydrogen (secondary N) is 1. The Kier molecular flexibility index (Phi) is 5.17. The third-order valence-corrected chi connectivity index (χ3v) is 7.21. The first-order chi connectivity index (χ1) is 16.8. The maximum Gasteiger partial charge on any atom is 0.261 e. The molecule has 6 rings (SSSR count). The van der Waals surface area contributed by atoms with Crippen LogP contribution in [0.25, 0.3) is 5.65 Å². The zero-order valence-corrected chi connectivity index (χ0v) is 19.6. The number of halogens is 2. The molecule has 1 saturated heterocycles. The van der Waals surface area contributed by atoms with Crippen molar-refractivity contribution in [2.45, 2.75) is 32.3 Å². The van der Waals surface area contributed by atoms with Crippen molar-refractivity contribution in [3.63, 3.8) is 0 Å². The molecular formula is C25H27F2N5O3. The Labute approximate surface area is 201 Å². The second-order valence-electron chi connectivity index (χ2n) is 10.3. The third kappa shape index (κ3) is 4.20. The SMILES string of the molecule is CC1(C)Cc2cc(NC(=O)c3cnn4cccnc34)c(OCC3C4CN(CC(F)F)CC34)cc2O1. The van der Waals surface area contributed by atoms with Gasteiger partial charge in [-0.15, -0.1) is 0 Å². The fourth-order valence-corrected chi connectivity index (χ4v) is 5.54. The number of hydrogen-bond acceptors (Lipinski definition) is 6. The predicted molar refractivity (Wildman–Crippen MR) is 124 cm³/mol. The number of fused-ring (bicyclic) bond motifs is 3. The minimum Gasteiger partial charge on any atom is -0.491 e. The molecule has 2 atom stereocenters. The van der Waals surface area contributed by atoms with Crippen molar-refractivity contribution < 1.29 is 23.0 Å². The van der Waals surface area contributed by atoms with Gasteiger partial charge in [-0.25, -0.2) is 18.3 Å². The Hall–Kier alpha value is -3.27.